The lowest BCUT2D eigenvalue weighted by atomic mass is 10.0. The summed E-state index contributed by atoms with van der Waals surface area (Å²) >= 11 is 0. The Balaban J connectivity index is 1.42. The molecule has 1 N–H and O–H groups in total. The molecular formula is C34H32N2O4. The molecule has 0 saturated heterocycles. The van der Waals surface area contributed by atoms with Crippen LogP contribution in [0.5, 0.6) is 5.75 Å². The van der Waals surface area contributed by atoms with Gasteiger partial charge in [-0.3, -0.25) is 4.79 Å². The van der Waals surface area contributed by atoms with Crippen molar-refractivity contribution in [2.24, 2.45) is 0 Å². The van der Waals surface area contributed by atoms with E-state index in [9.17, 15) is 14.7 Å². The van der Waals surface area contributed by atoms with Crippen LogP contribution in [0.4, 0.5) is 0 Å². The molecule has 0 bridgehead atoms. The first-order valence-corrected chi connectivity index (χ1v) is 13.4. The van der Waals surface area contributed by atoms with Crippen LogP contribution >= 0.6 is 0 Å². The topological polar surface area (TPSA) is 71.8 Å². The Morgan fingerprint density at radius 3 is 2.15 bits per heavy atom. The van der Waals surface area contributed by atoms with E-state index in [1.807, 2.05) is 96.7 Å². The summed E-state index contributed by atoms with van der Waals surface area (Å²) in [6, 6.07) is 33.0. The van der Waals surface area contributed by atoms with Gasteiger partial charge in [0, 0.05) is 25.2 Å². The lowest BCUT2D eigenvalue weighted by molar-refractivity contribution is -0.130. The average Bonchev–Trinajstić information content (AvgIpc) is 3.33. The highest BCUT2D eigenvalue weighted by molar-refractivity contribution is 5.92. The van der Waals surface area contributed by atoms with Gasteiger partial charge in [0.1, 0.15) is 18.9 Å². The fourth-order valence-electron chi connectivity index (χ4n) is 4.84. The third-order valence-electron chi connectivity index (χ3n) is 7.09. The predicted molar refractivity (Wildman–Crippen MR) is 157 cm³/mol. The number of rotatable bonds is 11. The molecule has 0 aliphatic carbocycles. The lowest BCUT2D eigenvalue weighted by Gasteiger charge is -2.18. The molecule has 5 aromatic rings. The first-order chi connectivity index (χ1) is 19.5. The summed E-state index contributed by atoms with van der Waals surface area (Å²) in [5, 5.41) is 10.2. The van der Waals surface area contributed by atoms with Gasteiger partial charge in [0.25, 0.3) is 0 Å². The van der Waals surface area contributed by atoms with Crippen LogP contribution in [0.3, 0.4) is 0 Å². The summed E-state index contributed by atoms with van der Waals surface area (Å²) in [5.74, 6) is -0.169. The number of aromatic carboxylic acids is 1. The van der Waals surface area contributed by atoms with Crippen molar-refractivity contribution >= 4 is 22.8 Å². The Kier molecular flexibility index (Phi) is 8.26. The molecule has 1 heterocycles. The van der Waals surface area contributed by atoms with E-state index in [-0.39, 0.29) is 18.0 Å². The number of hydrogen-bond acceptors (Lipinski definition) is 3. The van der Waals surface area contributed by atoms with Crippen molar-refractivity contribution in [1.82, 2.24) is 9.47 Å². The molecule has 0 unspecified atom stereocenters. The number of carboxylic acids is 1. The van der Waals surface area contributed by atoms with Gasteiger partial charge in [-0.05, 0) is 59.4 Å². The highest BCUT2D eigenvalue weighted by Gasteiger charge is 2.18. The number of amides is 1. The van der Waals surface area contributed by atoms with Crippen LogP contribution in [0, 0.1) is 0 Å². The standard InChI is InChI=1S/C34H32N2O4/c1-35(20-19-25-9-4-2-5-10-25)32(37)23-36-22-29(21-26-15-17-28(18-16-26)34(38)39)33-30(36)13-8-14-31(33)40-24-27-11-6-3-7-12-27/h2-18,22H,19-21,23-24H2,1H3,(H,38,39). The van der Waals surface area contributed by atoms with E-state index < -0.39 is 5.97 Å². The number of carbonyl (C=O) groups excluding carboxylic acids is 1. The van der Waals surface area contributed by atoms with Crippen LogP contribution < -0.4 is 4.74 Å². The van der Waals surface area contributed by atoms with Gasteiger partial charge in [0.15, 0.2) is 0 Å². The van der Waals surface area contributed by atoms with Crippen molar-refractivity contribution in [2.45, 2.75) is 26.0 Å². The first-order valence-electron chi connectivity index (χ1n) is 13.4. The number of likely N-dealkylation sites (N-methyl/N-ethyl adjacent to an activating group) is 1. The Hall–Kier alpha value is -4.84. The van der Waals surface area contributed by atoms with E-state index in [0.717, 1.165) is 39.8 Å². The number of carboxylic acid groups (broad SMARTS) is 1. The van der Waals surface area contributed by atoms with Crippen LogP contribution in [0.15, 0.2) is 109 Å². The second kappa shape index (κ2) is 12.3. The Labute approximate surface area is 234 Å². The van der Waals surface area contributed by atoms with Crippen molar-refractivity contribution < 1.29 is 19.4 Å². The molecule has 0 radical (unpaired) electrons. The summed E-state index contributed by atoms with van der Waals surface area (Å²) in [6.07, 6.45) is 3.39. The fourth-order valence-corrected chi connectivity index (χ4v) is 4.84. The van der Waals surface area contributed by atoms with Gasteiger partial charge in [-0.1, -0.05) is 78.9 Å². The molecule has 5 rings (SSSR count). The smallest absolute Gasteiger partial charge is 0.335 e. The predicted octanol–water partition coefficient (Wildman–Crippen LogP) is 6.21. The van der Waals surface area contributed by atoms with Crippen LogP contribution in [-0.4, -0.2) is 40.0 Å². The zero-order chi connectivity index (χ0) is 27.9. The SMILES string of the molecule is CN(CCc1ccccc1)C(=O)Cn1cc(Cc2ccc(C(=O)O)cc2)c2c(OCc3ccccc3)cccc21. The molecule has 1 amide bonds. The quantitative estimate of drug-likeness (QED) is 0.220. The number of carbonyl (C=O) groups is 2. The van der Waals surface area contributed by atoms with Gasteiger partial charge in [-0.25, -0.2) is 4.79 Å². The molecule has 40 heavy (non-hydrogen) atoms. The molecule has 202 valence electrons. The van der Waals surface area contributed by atoms with Gasteiger partial charge < -0.3 is 19.3 Å². The number of aromatic nitrogens is 1. The summed E-state index contributed by atoms with van der Waals surface area (Å²) in [4.78, 5) is 26.3. The van der Waals surface area contributed by atoms with E-state index in [4.69, 9.17) is 4.74 Å². The summed E-state index contributed by atoms with van der Waals surface area (Å²) in [5.41, 5.74) is 5.44. The third-order valence-corrected chi connectivity index (χ3v) is 7.09. The number of ether oxygens (including phenoxy) is 1. The largest absolute Gasteiger partial charge is 0.488 e. The van der Waals surface area contributed by atoms with Crippen LogP contribution in [0.1, 0.15) is 32.6 Å². The number of benzene rings is 4. The van der Waals surface area contributed by atoms with Crippen LogP contribution in [-0.2, 0) is 30.8 Å². The molecule has 4 aromatic carbocycles. The van der Waals surface area contributed by atoms with Crippen molar-refractivity contribution in [3.63, 3.8) is 0 Å². The van der Waals surface area contributed by atoms with Crippen LogP contribution in [0.2, 0.25) is 0 Å². The molecule has 1 aromatic heterocycles. The number of nitrogens with zero attached hydrogens (tertiary/aromatic N) is 2. The van der Waals surface area contributed by atoms with Crippen molar-refractivity contribution in [3.8, 4) is 5.75 Å². The second-order valence-corrected chi connectivity index (χ2v) is 9.94. The highest BCUT2D eigenvalue weighted by Crippen LogP contribution is 2.33. The van der Waals surface area contributed by atoms with Crippen molar-refractivity contribution in [2.75, 3.05) is 13.6 Å². The van der Waals surface area contributed by atoms with E-state index in [1.165, 1.54) is 5.56 Å². The summed E-state index contributed by atoms with van der Waals surface area (Å²) in [6.45, 7) is 1.27. The van der Waals surface area contributed by atoms with Gasteiger partial charge >= 0.3 is 5.97 Å². The fraction of sp³-hybridized carbons (Fsp3) is 0.176. The van der Waals surface area contributed by atoms with Crippen LogP contribution in [0.25, 0.3) is 10.9 Å². The zero-order valence-corrected chi connectivity index (χ0v) is 22.5. The average molecular weight is 533 g/mol. The Morgan fingerprint density at radius 1 is 0.800 bits per heavy atom. The minimum Gasteiger partial charge on any atom is -0.488 e. The maximum atomic E-state index is 13.3. The summed E-state index contributed by atoms with van der Waals surface area (Å²) < 4.78 is 8.29. The lowest BCUT2D eigenvalue weighted by Crippen LogP contribution is -2.31. The van der Waals surface area contributed by atoms with Gasteiger partial charge in [-0.15, -0.1) is 0 Å². The zero-order valence-electron chi connectivity index (χ0n) is 22.5. The third kappa shape index (κ3) is 6.41. The molecule has 0 aliphatic rings. The van der Waals surface area contributed by atoms with Crippen molar-refractivity contribution in [1.29, 1.82) is 0 Å². The van der Waals surface area contributed by atoms with Gasteiger partial charge in [-0.2, -0.15) is 0 Å². The number of fused-ring (bicyclic) bond motifs is 1. The van der Waals surface area contributed by atoms with Gasteiger partial charge in [0.05, 0.1) is 11.1 Å². The molecule has 0 spiro atoms. The second-order valence-electron chi connectivity index (χ2n) is 9.94. The van der Waals surface area contributed by atoms with Crippen molar-refractivity contribution in [3.05, 3.63) is 137 Å². The maximum Gasteiger partial charge on any atom is 0.335 e. The van der Waals surface area contributed by atoms with E-state index in [1.54, 1.807) is 17.0 Å². The highest BCUT2D eigenvalue weighted by atomic mass is 16.5. The minimum absolute atomic E-state index is 0.0285. The first kappa shape index (κ1) is 26.8. The molecule has 6 heteroatoms. The molecule has 6 nitrogen and oxygen atoms in total. The van der Waals surface area contributed by atoms with E-state index in [0.29, 0.717) is 19.6 Å². The molecule has 0 saturated carbocycles. The van der Waals surface area contributed by atoms with E-state index in [2.05, 4.69) is 12.1 Å². The number of hydrogen-bond donors (Lipinski definition) is 1. The molecule has 0 aliphatic heterocycles. The van der Waals surface area contributed by atoms with Gasteiger partial charge in [0.2, 0.25) is 5.91 Å². The van der Waals surface area contributed by atoms with E-state index >= 15 is 0 Å². The molecular weight excluding hydrogens is 500 g/mol. The maximum absolute atomic E-state index is 13.3. The monoisotopic (exact) mass is 532 g/mol. The molecule has 0 atom stereocenters. The Bertz CT molecular complexity index is 1590. The Morgan fingerprint density at radius 2 is 1.48 bits per heavy atom. The minimum atomic E-state index is -0.949. The normalized spacial score (nSPS) is 10.9. The summed E-state index contributed by atoms with van der Waals surface area (Å²) in [7, 11) is 1.84. The molecule has 0 fully saturated rings.